The summed E-state index contributed by atoms with van der Waals surface area (Å²) in [5, 5.41) is 0. The van der Waals surface area contributed by atoms with Crippen molar-refractivity contribution >= 4 is 17.9 Å². The van der Waals surface area contributed by atoms with Gasteiger partial charge >= 0.3 is 17.9 Å². The minimum absolute atomic E-state index is 0.0862. The third kappa shape index (κ3) is 55.6. The fourth-order valence-corrected chi connectivity index (χ4v) is 8.15. The van der Waals surface area contributed by atoms with E-state index in [-0.39, 0.29) is 31.1 Å². The van der Waals surface area contributed by atoms with Crippen molar-refractivity contribution in [3.8, 4) is 0 Å². The molecule has 0 aliphatic heterocycles. The number of rotatable bonds is 53. The van der Waals surface area contributed by atoms with E-state index in [1.165, 1.54) is 141 Å². The molecule has 0 amide bonds. The zero-order chi connectivity index (χ0) is 50.0. The van der Waals surface area contributed by atoms with Gasteiger partial charge < -0.3 is 14.2 Å². The third-order valence-electron chi connectivity index (χ3n) is 12.7. The Morgan fingerprint density at radius 3 is 0.841 bits per heavy atom. The average molecular weight is 964 g/mol. The zero-order valence-electron chi connectivity index (χ0n) is 45.6. The summed E-state index contributed by atoms with van der Waals surface area (Å²) in [7, 11) is 0. The van der Waals surface area contributed by atoms with Crippen LogP contribution in [0.4, 0.5) is 0 Å². The minimum Gasteiger partial charge on any atom is -0.462 e. The van der Waals surface area contributed by atoms with Crippen LogP contribution in [0.25, 0.3) is 0 Å². The highest BCUT2D eigenvalue weighted by Gasteiger charge is 2.19. The Bertz CT molecular complexity index is 1290. The van der Waals surface area contributed by atoms with E-state index >= 15 is 0 Å². The van der Waals surface area contributed by atoms with E-state index in [1.54, 1.807) is 0 Å². The van der Waals surface area contributed by atoms with Gasteiger partial charge in [-0.2, -0.15) is 0 Å². The van der Waals surface area contributed by atoms with Gasteiger partial charge in [0.05, 0.1) is 0 Å². The smallest absolute Gasteiger partial charge is 0.306 e. The van der Waals surface area contributed by atoms with E-state index in [0.717, 1.165) is 109 Å². The molecule has 0 aromatic heterocycles. The summed E-state index contributed by atoms with van der Waals surface area (Å²) in [6.07, 6.45) is 73.2. The van der Waals surface area contributed by atoms with Crippen molar-refractivity contribution < 1.29 is 28.6 Å². The van der Waals surface area contributed by atoms with E-state index in [0.29, 0.717) is 19.3 Å². The fourth-order valence-electron chi connectivity index (χ4n) is 8.15. The highest BCUT2D eigenvalue weighted by molar-refractivity contribution is 5.71. The van der Waals surface area contributed by atoms with E-state index in [2.05, 4.69) is 93.7 Å². The molecule has 0 aromatic carbocycles. The predicted molar refractivity (Wildman–Crippen MR) is 298 cm³/mol. The molecule has 0 saturated heterocycles. The van der Waals surface area contributed by atoms with Crippen LogP contribution in [-0.2, 0) is 28.6 Å². The first-order valence-electron chi connectivity index (χ1n) is 29.4. The number of hydrogen-bond donors (Lipinski definition) is 0. The van der Waals surface area contributed by atoms with Gasteiger partial charge in [-0.05, 0) is 103 Å². The van der Waals surface area contributed by atoms with Gasteiger partial charge in [-0.25, -0.2) is 0 Å². The topological polar surface area (TPSA) is 78.9 Å². The summed E-state index contributed by atoms with van der Waals surface area (Å²) in [6.45, 7) is 6.54. The molecule has 0 saturated carbocycles. The van der Waals surface area contributed by atoms with Crippen molar-refractivity contribution in [1.29, 1.82) is 0 Å². The minimum atomic E-state index is -0.789. The lowest BCUT2D eigenvalue weighted by Crippen LogP contribution is -2.30. The van der Waals surface area contributed by atoms with E-state index in [9.17, 15) is 14.4 Å². The predicted octanol–water partition coefficient (Wildman–Crippen LogP) is 19.8. The highest BCUT2D eigenvalue weighted by atomic mass is 16.6. The summed E-state index contributed by atoms with van der Waals surface area (Å²) in [5.74, 6) is -0.909. The van der Waals surface area contributed by atoms with Crippen molar-refractivity contribution in [2.24, 2.45) is 0 Å². The summed E-state index contributed by atoms with van der Waals surface area (Å²) in [4.78, 5) is 38.1. The Hall–Kier alpha value is -3.15. The first kappa shape index (κ1) is 65.8. The zero-order valence-corrected chi connectivity index (χ0v) is 45.6. The monoisotopic (exact) mass is 963 g/mol. The summed E-state index contributed by atoms with van der Waals surface area (Å²) < 4.78 is 16.8. The quantitative estimate of drug-likeness (QED) is 0.0262. The highest BCUT2D eigenvalue weighted by Crippen LogP contribution is 2.15. The van der Waals surface area contributed by atoms with Crippen LogP contribution in [0, 0.1) is 0 Å². The van der Waals surface area contributed by atoms with Gasteiger partial charge in [0.25, 0.3) is 0 Å². The van der Waals surface area contributed by atoms with Crippen LogP contribution in [0.2, 0.25) is 0 Å². The van der Waals surface area contributed by atoms with E-state index in [1.807, 2.05) is 0 Å². The second kappa shape index (κ2) is 57.4. The number of hydrogen-bond acceptors (Lipinski definition) is 6. The lowest BCUT2D eigenvalue weighted by molar-refractivity contribution is -0.167. The van der Waals surface area contributed by atoms with Crippen molar-refractivity contribution in [2.75, 3.05) is 13.2 Å². The molecule has 0 bridgehead atoms. The Kier molecular flexibility index (Phi) is 54.8. The first-order chi connectivity index (χ1) is 34.0. The molecule has 1 atom stereocenters. The maximum atomic E-state index is 12.8. The third-order valence-corrected chi connectivity index (χ3v) is 12.7. The average Bonchev–Trinajstić information content (AvgIpc) is 3.35. The van der Waals surface area contributed by atoms with Gasteiger partial charge in [0.15, 0.2) is 6.10 Å². The Labute approximate surface area is 427 Å². The molecule has 0 N–H and O–H groups in total. The van der Waals surface area contributed by atoms with E-state index in [4.69, 9.17) is 14.2 Å². The molecular weight excluding hydrogens is 853 g/mol. The standard InChI is InChI=1S/C63H110O6/c1-4-7-10-13-16-19-22-25-28-29-30-31-32-33-34-35-36-39-41-44-47-50-53-56-62(65)68-59-60(69-63(66)57-54-51-48-45-42-38-27-24-21-18-15-12-9-6-3)58-67-61(64)55-52-49-46-43-40-37-26-23-20-17-14-11-8-5-2/h14-15,17-18,22-27,29-30,60H,4-13,16,19-21,28,31-59H2,1-3H3/b17-14-,18-15-,25-22-,26-23-,27-24-,30-29-. The van der Waals surface area contributed by atoms with Crippen LogP contribution >= 0.6 is 0 Å². The molecule has 0 spiro atoms. The van der Waals surface area contributed by atoms with E-state index < -0.39 is 6.10 Å². The van der Waals surface area contributed by atoms with Crippen LogP contribution in [0.5, 0.6) is 0 Å². The molecule has 0 fully saturated rings. The molecule has 0 heterocycles. The number of esters is 3. The second-order valence-corrected chi connectivity index (χ2v) is 19.5. The molecule has 0 aliphatic carbocycles. The lowest BCUT2D eigenvalue weighted by Gasteiger charge is -2.18. The molecular formula is C63H110O6. The first-order valence-corrected chi connectivity index (χ1v) is 29.4. The van der Waals surface area contributed by atoms with Crippen molar-refractivity contribution in [2.45, 2.75) is 297 Å². The van der Waals surface area contributed by atoms with Gasteiger partial charge in [-0.15, -0.1) is 0 Å². The van der Waals surface area contributed by atoms with Gasteiger partial charge in [0, 0.05) is 19.3 Å². The van der Waals surface area contributed by atoms with Crippen molar-refractivity contribution in [3.63, 3.8) is 0 Å². The SMILES string of the molecule is CCCC/C=C\C/C=C\CCCCCCCC(=O)OCC(COC(=O)CCCCCCCCCCCCC/C=C\C/C=C\CCCCCCC)OC(=O)CCCCCCC/C=C\C/C=C\CCCC. The summed E-state index contributed by atoms with van der Waals surface area (Å²) in [5.41, 5.74) is 0. The number of unbranched alkanes of at least 4 members (excludes halogenated alkanes) is 30. The largest absolute Gasteiger partial charge is 0.462 e. The van der Waals surface area contributed by atoms with Crippen molar-refractivity contribution in [1.82, 2.24) is 0 Å². The number of carbonyl (C=O) groups excluding carboxylic acids is 3. The molecule has 398 valence electrons. The fraction of sp³-hybridized carbons (Fsp3) is 0.762. The summed E-state index contributed by atoms with van der Waals surface area (Å²) >= 11 is 0. The molecule has 1 unspecified atom stereocenters. The molecule has 0 aliphatic rings. The Morgan fingerprint density at radius 1 is 0.290 bits per heavy atom. The van der Waals surface area contributed by atoms with Gasteiger partial charge in [-0.3, -0.25) is 14.4 Å². The second-order valence-electron chi connectivity index (χ2n) is 19.5. The Balaban J connectivity index is 4.33. The summed E-state index contributed by atoms with van der Waals surface area (Å²) in [6, 6.07) is 0. The molecule has 69 heavy (non-hydrogen) atoms. The Morgan fingerprint density at radius 2 is 0.536 bits per heavy atom. The molecule has 6 nitrogen and oxygen atoms in total. The van der Waals surface area contributed by atoms with Crippen LogP contribution in [0.1, 0.15) is 290 Å². The van der Waals surface area contributed by atoms with Crippen LogP contribution in [-0.4, -0.2) is 37.2 Å². The van der Waals surface area contributed by atoms with Gasteiger partial charge in [-0.1, -0.05) is 241 Å². The van der Waals surface area contributed by atoms with Crippen LogP contribution in [0.3, 0.4) is 0 Å². The van der Waals surface area contributed by atoms with Gasteiger partial charge in [0.2, 0.25) is 0 Å². The number of ether oxygens (including phenoxy) is 3. The number of carbonyl (C=O) groups is 3. The normalized spacial score (nSPS) is 12.6. The van der Waals surface area contributed by atoms with Crippen LogP contribution < -0.4 is 0 Å². The van der Waals surface area contributed by atoms with Crippen LogP contribution in [0.15, 0.2) is 72.9 Å². The molecule has 0 rings (SSSR count). The molecule has 6 heteroatoms. The van der Waals surface area contributed by atoms with Gasteiger partial charge in [0.1, 0.15) is 13.2 Å². The maximum Gasteiger partial charge on any atom is 0.306 e. The maximum absolute atomic E-state index is 12.8. The number of allylic oxidation sites excluding steroid dienone is 12. The lowest BCUT2D eigenvalue weighted by atomic mass is 10.0. The molecule has 0 aromatic rings. The molecule has 0 radical (unpaired) electrons. The van der Waals surface area contributed by atoms with Crippen molar-refractivity contribution in [3.05, 3.63) is 72.9 Å².